The van der Waals surface area contributed by atoms with Crippen LogP contribution in [0.25, 0.3) is 60.2 Å². The number of hydrogen-bond acceptors (Lipinski definition) is 1. The zero-order valence-corrected chi connectivity index (χ0v) is 29.6. The number of allylic oxidation sites excluding steroid dienone is 7. The molecule has 0 unspecified atom stereocenters. The third kappa shape index (κ3) is 5.30. The molecule has 0 radical (unpaired) electrons. The summed E-state index contributed by atoms with van der Waals surface area (Å²) in [5.41, 5.74) is 12.7. The first-order valence-electron chi connectivity index (χ1n) is 17.4. The van der Waals surface area contributed by atoms with E-state index in [-0.39, 0.29) is 5.41 Å². The first kappa shape index (κ1) is 31.7. The Morgan fingerprint density at radius 1 is 0.660 bits per heavy atom. The fourth-order valence-electron chi connectivity index (χ4n) is 7.82. The molecule has 0 aliphatic heterocycles. The molecule has 2 aliphatic carbocycles. The lowest BCUT2D eigenvalue weighted by Gasteiger charge is -2.27. The number of benzene rings is 5. The molecular formula is C49H40S. The van der Waals surface area contributed by atoms with Gasteiger partial charge < -0.3 is 0 Å². The SMILES string of the molecule is C=Cc1ccccc1C(=C)C1=c2\cccc\c2=C(C(=C)c2cc3c(cc2C2=Cc4ccccc4C2(C)C)sc2ccccc23)\C=C\CC\C=C\1. The van der Waals surface area contributed by atoms with Gasteiger partial charge >= 0.3 is 0 Å². The lowest BCUT2D eigenvalue weighted by atomic mass is 9.76. The normalized spacial score (nSPS) is 18.6. The van der Waals surface area contributed by atoms with Crippen LogP contribution in [0, 0.1) is 0 Å². The summed E-state index contributed by atoms with van der Waals surface area (Å²) in [7, 11) is 0. The number of rotatable bonds is 6. The summed E-state index contributed by atoms with van der Waals surface area (Å²) in [6.45, 7) is 18.4. The monoisotopic (exact) mass is 660 g/mol. The van der Waals surface area contributed by atoms with Crippen LogP contribution in [0.15, 0.2) is 153 Å². The van der Waals surface area contributed by atoms with E-state index in [1.807, 2.05) is 17.4 Å². The van der Waals surface area contributed by atoms with Crippen LogP contribution in [-0.4, -0.2) is 0 Å². The van der Waals surface area contributed by atoms with Crippen LogP contribution in [0.4, 0.5) is 0 Å². The van der Waals surface area contributed by atoms with Crippen molar-refractivity contribution in [3.63, 3.8) is 0 Å². The number of thiophene rings is 1. The van der Waals surface area contributed by atoms with Gasteiger partial charge in [0.25, 0.3) is 0 Å². The number of hydrogen-bond donors (Lipinski definition) is 0. The van der Waals surface area contributed by atoms with Gasteiger partial charge in [0.1, 0.15) is 0 Å². The molecule has 0 fully saturated rings. The topological polar surface area (TPSA) is 0 Å². The quantitative estimate of drug-likeness (QED) is 0.167. The number of fused-ring (bicyclic) bond motifs is 5. The molecule has 0 N–H and O–H groups in total. The Balaban J connectivity index is 1.43. The zero-order chi connectivity index (χ0) is 34.4. The summed E-state index contributed by atoms with van der Waals surface area (Å²) >= 11 is 1.87. The van der Waals surface area contributed by atoms with Crippen molar-refractivity contribution in [3.05, 3.63) is 197 Å². The van der Waals surface area contributed by atoms with E-state index in [1.54, 1.807) is 0 Å². The maximum Gasteiger partial charge on any atom is 0.0361 e. The Kier molecular flexibility index (Phi) is 8.10. The van der Waals surface area contributed by atoms with E-state index in [2.05, 4.69) is 167 Å². The van der Waals surface area contributed by atoms with Gasteiger partial charge in [-0.2, -0.15) is 0 Å². The van der Waals surface area contributed by atoms with Crippen LogP contribution in [-0.2, 0) is 5.41 Å². The Morgan fingerprint density at radius 2 is 1.28 bits per heavy atom. The maximum absolute atomic E-state index is 4.95. The predicted octanol–water partition coefficient (Wildman–Crippen LogP) is 12.2. The molecule has 0 saturated heterocycles. The van der Waals surface area contributed by atoms with Gasteiger partial charge in [0.15, 0.2) is 0 Å². The van der Waals surface area contributed by atoms with Crippen LogP contribution in [0.3, 0.4) is 0 Å². The van der Waals surface area contributed by atoms with Crippen molar-refractivity contribution in [1.29, 1.82) is 0 Å². The summed E-state index contributed by atoms with van der Waals surface area (Å²) in [6.07, 6.45) is 15.4. The van der Waals surface area contributed by atoms with E-state index in [0.717, 1.165) is 56.7 Å². The highest BCUT2D eigenvalue weighted by molar-refractivity contribution is 7.25. The van der Waals surface area contributed by atoms with Gasteiger partial charge in [0.2, 0.25) is 0 Å². The summed E-state index contributed by atoms with van der Waals surface area (Å²) in [4.78, 5) is 0. The fraction of sp³-hybridized carbons (Fsp3) is 0.102. The van der Waals surface area contributed by atoms with Gasteiger partial charge in [-0.1, -0.05) is 155 Å². The maximum atomic E-state index is 4.95. The van der Waals surface area contributed by atoms with Gasteiger partial charge in [0, 0.05) is 25.6 Å². The van der Waals surface area contributed by atoms with Crippen LogP contribution < -0.4 is 10.4 Å². The minimum atomic E-state index is -0.160. The molecule has 0 atom stereocenters. The van der Waals surface area contributed by atoms with Gasteiger partial charge in [-0.3, -0.25) is 0 Å². The molecule has 2 aliphatic rings. The first-order valence-corrected chi connectivity index (χ1v) is 18.2. The van der Waals surface area contributed by atoms with Crippen LogP contribution in [0.1, 0.15) is 60.1 Å². The largest absolute Gasteiger partial charge is 0.135 e. The van der Waals surface area contributed by atoms with E-state index < -0.39 is 0 Å². The minimum Gasteiger partial charge on any atom is -0.135 e. The smallest absolute Gasteiger partial charge is 0.0361 e. The summed E-state index contributed by atoms with van der Waals surface area (Å²) in [6, 6.07) is 39.6. The summed E-state index contributed by atoms with van der Waals surface area (Å²) in [5, 5.41) is 4.87. The van der Waals surface area contributed by atoms with Crippen molar-refractivity contribution < 1.29 is 0 Å². The van der Waals surface area contributed by atoms with Crippen LogP contribution in [0.2, 0.25) is 0 Å². The molecule has 8 rings (SSSR count). The van der Waals surface area contributed by atoms with Crippen molar-refractivity contribution in [2.75, 3.05) is 0 Å². The van der Waals surface area contributed by atoms with Gasteiger partial charge in [-0.05, 0) is 109 Å². The van der Waals surface area contributed by atoms with E-state index in [9.17, 15) is 0 Å². The molecular weight excluding hydrogens is 621 g/mol. The summed E-state index contributed by atoms with van der Waals surface area (Å²) in [5.74, 6) is 0. The van der Waals surface area contributed by atoms with Crippen molar-refractivity contribution in [3.8, 4) is 0 Å². The predicted molar refractivity (Wildman–Crippen MR) is 221 cm³/mol. The highest BCUT2D eigenvalue weighted by Crippen LogP contribution is 2.50. The highest BCUT2D eigenvalue weighted by Gasteiger charge is 2.35. The standard InChI is InChI=1S/C49H40S/c1-6-34-19-11-13-21-36(34)32(2)37-22-9-7-8-10-23-38(40-25-15-14-24-39(37)40)33(3)42-30-44-41-26-16-18-28-47(41)50-48(44)31-43(42)46-29-35-20-12-17-27-45(35)49(46,4)5/h6,9-31H,1-3,7-8H2,4-5H3/b22-9+,23-10+,39-37+,40-38+. The molecule has 0 spiro atoms. The minimum absolute atomic E-state index is 0.160. The molecule has 0 saturated carbocycles. The third-order valence-electron chi connectivity index (χ3n) is 10.5. The Morgan fingerprint density at radius 3 is 2.00 bits per heavy atom. The zero-order valence-electron chi connectivity index (χ0n) is 28.8. The lowest BCUT2D eigenvalue weighted by Crippen LogP contribution is -2.29. The van der Waals surface area contributed by atoms with Crippen LogP contribution in [0.5, 0.6) is 0 Å². The fourth-order valence-corrected chi connectivity index (χ4v) is 8.95. The molecule has 1 heteroatoms. The van der Waals surface area contributed by atoms with Gasteiger partial charge in [-0.25, -0.2) is 0 Å². The summed E-state index contributed by atoms with van der Waals surface area (Å²) < 4.78 is 2.61. The third-order valence-corrected chi connectivity index (χ3v) is 11.6. The van der Waals surface area contributed by atoms with E-state index in [1.165, 1.54) is 48.0 Å². The van der Waals surface area contributed by atoms with Crippen molar-refractivity contribution in [2.24, 2.45) is 0 Å². The second kappa shape index (κ2) is 12.8. The molecule has 242 valence electrons. The van der Waals surface area contributed by atoms with Crippen molar-refractivity contribution in [2.45, 2.75) is 32.1 Å². The van der Waals surface area contributed by atoms with Crippen molar-refractivity contribution in [1.82, 2.24) is 0 Å². The molecule has 6 aromatic rings. The second-order valence-corrected chi connectivity index (χ2v) is 14.8. The van der Waals surface area contributed by atoms with E-state index >= 15 is 0 Å². The Bertz CT molecular complexity index is 2610. The van der Waals surface area contributed by atoms with Gasteiger partial charge in [-0.15, -0.1) is 11.3 Å². The molecule has 50 heavy (non-hydrogen) atoms. The van der Waals surface area contributed by atoms with E-state index in [0.29, 0.717) is 0 Å². The van der Waals surface area contributed by atoms with Crippen LogP contribution >= 0.6 is 11.3 Å². The molecule has 0 nitrogen and oxygen atoms in total. The van der Waals surface area contributed by atoms with E-state index in [4.69, 9.17) is 6.58 Å². The lowest BCUT2D eigenvalue weighted by molar-refractivity contribution is 0.704. The highest BCUT2D eigenvalue weighted by atomic mass is 32.1. The molecule has 1 aromatic heterocycles. The second-order valence-electron chi connectivity index (χ2n) is 13.8. The first-order chi connectivity index (χ1) is 24.4. The molecule has 0 amide bonds. The molecule has 5 aromatic carbocycles. The average Bonchev–Trinajstić information content (AvgIpc) is 3.65. The molecule has 0 bridgehead atoms. The average molecular weight is 661 g/mol. The molecule has 1 heterocycles. The van der Waals surface area contributed by atoms with Gasteiger partial charge in [0.05, 0.1) is 0 Å². The Hall–Kier alpha value is -5.50. The van der Waals surface area contributed by atoms with Crippen molar-refractivity contribution >= 4 is 71.5 Å². The Labute approximate surface area is 299 Å².